The Kier molecular flexibility index (Phi) is 7.29. The van der Waals surface area contributed by atoms with Crippen molar-refractivity contribution in [2.45, 2.75) is 0 Å². The fourth-order valence-corrected chi connectivity index (χ4v) is 5.16. The lowest BCUT2D eigenvalue weighted by Crippen LogP contribution is -2.36. The first-order valence-corrected chi connectivity index (χ1v) is 11.1. The predicted molar refractivity (Wildman–Crippen MR) is 132 cm³/mol. The number of nitro benzene ring substituents is 1. The van der Waals surface area contributed by atoms with E-state index in [1.54, 1.807) is 24.1 Å². The van der Waals surface area contributed by atoms with E-state index in [1.807, 2.05) is 37.2 Å². The van der Waals surface area contributed by atoms with E-state index in [2.05, 4.69) is 0 Å². The monoisotopic (exact) mass is 492 g/mol. The molecule has 0 aliphatic heterocycles. The molecule has 0 bridgehead atoms. The molecule has 0 atom stereocenters. The zero-order chi connectivity index (χ0) is 22.1. The van der Waals surface area contributed by atoms with Gasteiger partial charge in [-0.2, -0.15) is 0 Å². The van der Waals surface area contributed by atoms with Crippen LogP contribution < -0.4 is 9.64 Å². The summed E-state index contributed by atoms with van der Waals surface area (Å²) in [5.74, 6) is 0.484. The summed E-state index contributed by atoms with van der Waals surface area (Å²) in [5, 5.41) is 12.4. The van der Waals surface area contributed by atoms with Crippen molar-refractivity contribution in [2.75, 3.05) is 39.2 Å². The standard InChI is InChI=1S/C21H20N4O4S2.ClH/c1-23(2)9-10-24(21-22-19-15(29-3)5-4-6-17(19)31-21)20(26)18-12-13-11-14(25(27)28)7-8-16(13)30-18;/h4-8,11-12H,9-10H2,1-3H3;1H. The molecule has 2 aromatic carbocycles. The van der Waals surface area contributed by atoms with Crippen LogP contribution in [0.1, 0.15) is 9.67 Å². The maximum Gasteiger partial charge on any atom is 0.270 e. The van der Waals surface area contributed by atoms with Gasteiger partial charge in [0.2, 0.25) is 0 Å². The second-order valence-electron chi connectivity index (χ2n) is 7.15. The molecule has 2 heterocycles. The molecule has 32 heavy (non-hydrogen) atoms. The number of rotatable bonds is 7. The van der Waals surface area contributed by atoms with Crippen molar-refractivity contribution in [3.63, 3.8) is 0 Å². The number of aromatic nitrogens is 1. The van der Waals surface area contributed by atoms with Gasteiger partial charge in [0.1, 0.15) is 11.3 Å². The number of nitrogens with zero attached hydrogens (tertiary/aromatic N) is 4. The van der Waals surface area contributed by atoms with E-state index in [4.69, 9.17) is 9.72 Å². The number of thiophene rings is 1. The van der Waals surface area contributed by atoms with Gasteiger partial charge in [-0.15, -0.1) is 23.7 Å². The van der Waals surface area contributed by atoms with Crippen LogP contribution in [0.5, 0.6) is 5.75 Å². The highest BCUT2D eigenvalue weighted by molar-refractivity contribution is 7.23. The molecule has 11 heteroatoms. The fraction of sp³-hybridized carbons (Fsp3) is 0.238. The first-order valence-electron chi connectivity index (χ1n) is 9.45. The summed E-state index contributed by atoms with van der Waals surface area (Å²) in [4.78, 5) is 33.0. The van der Waals surface area contributed by atoms with Crippen molar-refractivity contribution < 1.29 is 14.5 Å². The van der Waals surface area contributed by atoms with E-state index < -0.39 is 4.92 Å². The Hall–Kier alpha value is -2.79. The topological polar surface area (TPSA) is 88.8 Å². The zero-order valence-electron chi connectivity index (χ0n) is 17.6. The smallest absolute Gasteiger partial charge is 0.270 e. The number of carbonyl (C=O) groups is 1. The maximum absolute atomic E-state index is 13.5. The van der Waals surface area contributed by atoms with Gasteiger partial charge in [0.05, 0.1) is 21.6 Å². The third kappa shape index (κ3) is 4.68. The van der Waals surface area contributed by atoms with Crippen LogP contribution in [0.4, 0.5) is 10.8 Å². The van der Waals surface area contributed by atoms with Gasteiger partial charge in [-0.3, -0.25) is 19.8 Å². The number of hydrogen-bond acceptors (Lipinski definition) is 8. The number of hydrogen-bond donors (Lipinski definition) is 0. The van der Waals surface area contributed by atoms with Crippen molar-refractivity contribution in [1.29, 1.82) is 0 Å². The minimum absolute atomic E-state index is 0. The molecule has 168 valence electrons. The van der Waals surface area contributed by atoms with Crippen molar-refractivity contribution >= 4 is 72.1 Å². The van der Waals surface area contributed by atoms with Gasteiger partial charge in [-0.05, 0) is 38.4 Å². The molecule has 0 spiro atoms. The molecular weight excluding hydrogens is 472 g/mol. The number of amides is 1. The molecule has 0 aliphatic rings. The van der Waals surface area contributed by atoms with Crippen LogP contribution in [0.2, 0.25) is 0 Å². The number of halogens is 1. The SMILES string of the molecule is COc1cccc2sc(N(CCN(C)C)C(=O)c3cc4cc([N+](=O)[O-])ccc4s3)nc12.Cl. The quantitative estimate of drug-likeness (QED) is 0.264. The molecule has 4 aromatic rings. The number of anilines is 1. The number of carbonyl (C=O) groups excluding carboxylic acids is 1. The largest absolute Gasteiger partial charge is 0.494 e. The second kappa shape index (κ2) is 9.78. The lowest BCUT2D eigenvalue weighted by Gasteiger charge is -2.21. The first-order chi connectivity index (χ1) is 14.9. The number of thiazole rings is 1. The molecule has 0 N–H and O–H groups in total. The molecule has 0 radical (unpaired) electrons. The van der Waals surface area contributed by atoms with Crippen LogP contribution in [0.25, 0.3) is 20.3 Å². The zero-order valence-corrected chi connectivity index (χ0v) is 20.1. The van der Waals surface area contributed by atoms with Gasteiger partial charge < -0.3 is 9.64 Å². The Morgan fingerprint density at radius 3 is 2.59 bits per heavy atom. The highest BCUT2D eigenvalue weighted by Crippen LogP contribution is 2.36. The number of benzene rings is 2. The molecule has 0 unspecified atom stereocenters. The Bertz CT molecular complexity index is 1290. The molecule has 0 saturated carbocycles. The molecule has 0 aliphatic carbocycles. The molecular formula is C21H21ClN4O4S2. The number of para-hydroxylation sites is 1. The first kappa shape index (κ1) is 23.9. The second-order valence-corrected chi connectivity index (χ2v) is 9.25. The minimum atomic E-state index is -0.434. The number of fused-ring (bicyclic) bond motifs is 2. The number of nitro groups is 1. The number of ether oxygens (including phenoxy) is 1. The third-order valence-corrected chi connectivity index (χ3v) is 6.91. The molecule has 2 aromatic heterocycles. The molecule has 0 saturated heterocycles. The lowest BCUT2D eigenvalue weighted by molar-refractivity contribution is -0.384. The average molecular weight is 493 g/mol. The van der Waals surface area contributed by atoms with E-state index in [0.29, 0.717) is 34.2 Å². The summed E-state index contributed by atoms with van der Waals surface area (Å²) in [7, 11) is 5.49. The van der Waals surface area contributed by atoms with E-state index in [1.165, 1.54) is 34.8 Å². The van der Waals surface area contributed by atoms with E-state index in [9.17, 15) is 14.9 Å². The lowest BCUT2D eigenvalue weighted by atomic mass is 10.2. The number of methoxy groups -OCH3 is 1. The highest BCUT2D eigenvalue weighted by atomic mass is 35.5. The van der Waals surface area contributed by atoms with Crippen molar-refractivity contribution in [2.24, 2.45) is 0 Å². The van der Waals surface area contributed by atoms with Crippen molar-refractivity contribution in [3.05, 3.63) is 57.5 Å². The average Bonchev–Trinajstić information content (AvgIpc) is 3.36. The Labute approximate surface area is 198 Å². The van der Waals surface area contributed by atoms with Gasteiger partial charge in [-0.25, -0.2) is 4.98 Å². The number of non-ortho nitro benzene ring substituents is 1. The third-order valence-electron chi connectivity index (χ3n) is 4.76. The van der Waals surface area contributed by atoms with Crippen LogP contribution in [0.15, 0.2) is 42.5 Å². The van der Waals surface area contributed by atoms with Gasteiger partial charge in [0.25, 0.3) is 11.6 Å². The molecule has 1 amide bonds. The van der Waals surface area contributed by atoms with Crippen molar-refractivity contribution in [3.8, 4) is 5.75 Å². The summed E-state index contributed by atoms with van der Waals surface area (Å²) < 4.78 is 7.17. The summed E-state index contributed by atoms with van der Waals surface area (Å²) in [6.45, 7) is 1.12. The van der Waals surface area contributed by atoms with Crippen LogP contribution in [0, 0.1) is 10.1 Å². The highest BCUT2D eigenvalue weighted by Gasteiger charge is 2.24. The molecule has 0 fully saturated rings. The van der Waals surface area contributed by atoms with Gasteiger partial charge in [-0.1, -0.05) is 17.4 Å². The molecule has 4 rings (SSSR count). The normalized spacial score (nSPS) is 11.0. The van der Waals surface area contributed by atoms with Gasteiger partial charge in [0.15, 0.2) is 5.13 Å². The van der Waals surface area contributed by atoms with Crippen LogP contribution in [0.3, 0.4) is 0 Å². The molecule has 8 nitrogen and oxygen atoms in total. The van der Waals surface area contributed by atoms with Gasteiger partial charge in [0, 0.05) is 35.3 Å². The van der Waals surface area contributed by atoms with Crippen LogP contribution in [-0.4, -0.2) is 55.0 Å². The number of likely N-dealkylation sites (N-methyl/N-ethyl adjacent to an activating group) is 1. The Morgan fingerprint density at radius 1 is 1.12 bits per heavy atom. The summed E-state index contributed by atoms with van der Waals surface area (Å²) >= 11 is 2.76. The van der Waals surface area contributed by atoms with Crippen molar-refractivity contribution in [1.82, 2.24) is 9.88 Å². The van der Waals surface area contributed by atoms with Crippen LogP contribution >= 0.6 is 35.1 Å². The minimum Gasteiger partial charge on any atom is -0.494 e. The van der Waals surface area contributed by atoms with E-state index in [-0.39, 0.29) is 24.0 Å². The van der Waals surface area contributed by atoms with E-state index in [0.717, 1.165) is 14.9 Å². The maximum atomic E-state index is 13.5. The predicted octanol–water partition coefficient (Wildman–Crippen LogP) is 5.06. The van der Waals surface area contributed by atoms with E-state index >= 15 is 0 Å². The van der Waals surface area contributed by atoms with Gasteiger partial charge >= 0.3 is 0 Å². The summed E-state index contributed by atoms with van der Waals surface area (Å²) in [5.41, 5.74) is 0.728. The Balaban J connectivity index is 0.00000289. The summed E-state index contributed by atoms with van der Waals surface area (Å²) in [6, 6.07) is 12.0. The Morgan fingerprint density at radius 2 is 1.91 bits per heavy atom. The van der Waals surface area contributed by atoms with Crippen LogP contribution in [-0.2, 0) is 0 Å². The summed E-state index contributed by atoms with van der Waals surface area (Å²) in [6.07, 6.45) is 0. The fourth-order valence-electron chi connectivity index (χ4n) is 3.16.